The van der Waals surface area contributed by atoms with Gasteiger partial charge >= 0.3 is 17.0 Å². The van der Waals surface area contributed by atoms with Crippen LogP contribution in [0.5, 0.6) is 0 Å². The summed E-state index contributed by atoms with van der Waals surface area (Å²) in [5.41, 5.74) is -0.956. The van der Waals surface area contributed by atoms with Crippen LogP contribution in [0.4, 0.5) is 24.5 Å². The van der Waals surface area contributed by atoms with Crippen LogP contribution in [0.25, 0.3) is 0 Å². The number of imide groups is 1. The van der Waals surface area contributed by atoms with Crippen LogP contribution < -0.4 is 15.1 Å². The number of nitrogens with one attached hydrogen (secondary N) is 1. The third-order valence-corrected chi connectivity index (χ3v) is 10.9. The van der Waals surface area contributed by atoms with Crippen molar-refractivity contribution in [2.24, 2.45) is 5.92 Å². The maximum atomic E-state index is 13.9. The minimum atomic E-state index is -4.71. The second kappa shape index (κ2) is 11.9. The minimum absolute atomic E-state index is 0.187. The number of nitrogens with zero attached hydrogens (tertiary/aromatic N) is 2. The van der Waals surface area contributed by atoms with Gasteiger partial charge in [-0.2, -0.15) is 13.2 Å². The Bertz CT molecular complexity index is 1870. The standard InChI is InChI=1S/C30H22F3N3O6S3/c1-2-42-28(40)15-9-11-16(12-10-15)36-25(38)22-21(19-8-5-13-43-19)24-27(44-23(22)26(36)39)35(29(41)45-24)14-20(37)34-18-7-4-3-6-17(18)30(31,32)33/h3-13,21-23H,2,14H2,1H3,(H,34,37). The normalized spacial score (nSPS) is 19.3. The van der Waals surface area contributed by atoms with Crippen molar-refractivity contribution in [2.75, 3.05) is 16.8 Å². The van der Waals surface area contributed by atoms with Gasteiger partial charge in [-0.3, -0.25) is 23.7 Å². The lowest BCUT2D eigenvalue weighted by molar-refractivity contribution is -0.137. The summed E-state index contributed by atoms with van der Waals surface area (Å²) in [5, 5.41) is 3.43. The molecule has 2 aromatic carbocycles. The number of thiazole rings is 1. The highest BCUT2D eigenvalue weighted by Gasteiger charge is 2.57. The second-order valence-electron chi connectivity index (χ2n) is 10.1. The average Bonchev–Trinajstić information content (AvgIpc) is 3.70. The molecule has 0 saturated carbocycles. The van der Waals surface area contributed by atoms with Gasteiger partial charge in [-0.15, -0.1) is 11.3 Å². The number of halogens is 3. The fraction of sp³-hybridized carbons (Fsp3) is 0.233. The van der Waals surface area contributed by atoms with Crippen LogP contribution in [0.1, 0.15) is 38.5 Å². The second-order valence-corrected chi connectivity index (χ2v) is 13.2. The summed E-state index contributed by atoms with van der Waals surface area (Å²) in [7, 11) is 0. The quantitative estimate of drug-likeness (QED) is 0.201. The fourth-order valence-electron chi connectivity index (χ4n) is 5.42. The minimum Gasteiger partial charge on any atom is -0.462 e. The first-order valence-corrected chi connectivity index (χ1v) is 16.1. The van der Waals surface area contributed by atoms with Crippen LogP contribution in [-0.2, 0) is 31.8 Å². The van der Waals surface area contributed by atoms with Gasteiger partial charge < -0.3 is 10.1 Å². The summed E-state index contributed by atoms with van der Waals surface area (Å²) < 4.78 is 46.6. The molecule has 3 atom stereocenters. The van der Waals surface area contributed by atoms with Crippen molar-refractivity contribution in [3.8, 4) is 0 Å². The molecule has 4 aromatic rings. The molecule has 0 radical (unpaired) electrons. The monoisotopic (exact) mass is 673 g/mol. The number of carbonyl (C=O) groups excluding carboxylic acids is 4. The lowest BCUT2D eigenvalue weighted by atomic mass is 9.87. The van der Waals surface area contributed by atoms with Gasteiger partial charge in [0.05, 0.1) is 40.1 Å². The van der Waals surface area contributed by atoms with E-state index in [1.165, 1.54) is 47.7 Å². The Morgan fingerprint density at radius 1 is 0.978 bits per heavy atom. The number of esters is 1. The smallest absolute Gasteiger partial charge is 0.418 e. The van der Waals surface area contributed by atoms with Crippen LogP contribution in [-0.4, -0.2) is 40.1 Å². The number of alkyl halides is 3. The van der Waals surface area contributed by atoms with Crippen molar-refractivity contribution in [3.63, 3.8) is 0 Å². The van der Waals surface area contributed by atoms with Crippen molar-refractivity contribution in [2.45, 2.75) is 35.8 Å². The van der Waals surface area contributed by atoms with Crippen LogP contribution in [0.3, 0.4) is 0 Å². The predicted molar refractivity (Wildman–Crippen MR) is 163 cm³/mol. The number of fused-ring (bicyclic) bond motifs is 2. The molecule has 0 bridgehead atoms. The highest BCUT2D eigenvalue weighted by Crippen LogP contribution is 2.54. The first-order chi connectivity index (χ1) is 21.5. The molecule has 1 fully saturated rings. The molecule has 3 unspecified atom stereocenters. The Hall–Kier alpha value is -4.21. The van der Waals surface area contributed by atoms with Crippen LogP contribution in [0.2, 0.25) is 0 Å². The zero-order valence-electron chi connectivity index (χ0n) is 23.2. The topological polar surface area (TPSA) is 115 Å². The molecular weight excluding hydrogens is 652 g/mol. The molecule has 6 rings (SSSR count). The maximum Gasteiger partial charge on any atom is 0.418 e. The van der Waals surface area contributed by atoms with Crippen LogP contribution in [0.15, 0.2) is 75.9 Å². The molecule has 0 spiro atoms. The lowest BCUT2D eigenvalue weighted by Crippen LogP contribution is -2.32. The molecule has 0 aliphatic carbocycles. The summed E-state index contributed by atoms with van der Waals surface area (Å²) >= 11 is 3.18. The van der Waals surface area contributed by atoms with E-state index in [4.69, 9.17) is 4.74 Å². The van der Waals surface area contributed by atoms with Gasteiger partial charge in [-0.25, -0.2) is 9.69 Å². The van der Waals surface area contributed by atoms with Gasteiger partial charge in [0, 0.05) is 15.7 Å². The van der Waals surface area contributed by atoms with Crippen molar-refractivity contribution >= 4 is 69.5 Å². The number of hydrogen-bond donors (Lipinski definition) is 1. The van der Waals surface area contributed by atoms with Gasteiger partial charge in [0.1, 0.15) is 11.8 Å². The maximum absolute atomic E-state index is 13.9. The summed E-state index contributed by atoms with van der Waals surface area (Å²) in [5.74, 6) is -3.93. The van der Waals surface area contributed by atoms with E-state index in [0.29, 0.717) is 9.90 Å². The number of carbonyl (C=O) groups is 4. The number of benzene rings is 2. The number of rotatable bonds is 7. The summed E-state index contributed by atoms with van der Waals surface area (Å²) in [6.07, 6.45) is -4.71. The van der Waals surface area contributed by atoms with E-state index in [9.17, 15) is 37.1 Å². The van der Waals surface area contributed by atoms with E-state index in [2.05, 4.69) is 5.32 Å². The summed E-state index contributed by atoms with van der Waals surface area (Å²) in [6.45, 7) is 1.26. The van der Waals surface area contributed by atoms with Gasteiger partial charge in [0.2, 0.25) is 17.7 Å². The molecule has 15 heteroatoms. The number of amides is 3. The highest BCUT2D eigenvalue weighted by atomic mass is 32.2. The molecule has 45 heavy (non-hydrogen) atoms. The first kappa shape index (κ1) is 30.8. The number of para-hydroxylation sites is 1. The van der Waals surface area contributed by atoms with Crippen molar-refractivity contribution < 1.29 is 37.1 Å². The van der Waals surface area contributed by atoms with Crippen molar-refractivity contribution in [1.29, 1.82) is 0 Å². The predicted octanol–water partition coefficient (Wildman–Crippen LogP) is 5.60. The third kappa shape index (κ3) is 5.59. The highest BCUT2D eigenvalue weighted by molar-refractivity contribution is 8.00. The number of thioether (sulfide) groups is 1. The summed E-state index contributed by atoms with van der Waals surface area (Å²) in [4.78, 5) is 67.9. The zero-order chi connectivity index (χ0) is 32.0. The van der Waals surface area contributed by atoms with Gasteiger partial charge in [0.15, 0.2) is 0 Å². The van der Waals surface area contributed by atoms with E-state index >= 15 is 0 Å². The van der Waals surface area contributed by atoms with E-state index in [-0.39, 0.29) is 17.9 Å². The van der Waals surface area contributed by atoms with Crippen molar-refractivity contribution in [3.05, 3.63) is 96.6 Å². The van der Waals surface area contributed by atoms with Gasteiger partial charge in [0.25, 0.3) is 0 Å². The Morgan fingerprint density at radius 2 is 1.71 bits per heavy atom. The van der Waals surface area contributed by atoms with Crippen LogP contribution >= 0.6 is 34.4 Å². The lowest BCUT2D eigenvalue weighted by Gasteiger charge is -2.29. The molecule has 2 aromatic heterocycles. The number of ether oxygens (including phenoxy) is 1. The Kier molecular flexibility index (Phi) is 8.18. The number of thiophene rings is 1. The largest absolute Gasteiger partial charge is 0.462 e. The number of aromatic nitrogens is 1. The Balaban J connectivity index is 1.33. The summed E-state index contributed by atoms with van der Waals surface area (Å²) in [6, 6.07) is 14.0. The molecule has 4 heterocycles. The first-order valence-electron chi connectivity index (χ1n) is 13.5. The van der Waals surface area contributed by atoms with E-state index in [1.807, 2.05) is 5.38 Å². The number of hydrogen-bond acceptors (Lipinski definition) is 9. The van der Waals surface area contributed by atoms with Gasteiger partial charge in [-0.05, 0) is 54.8 Å². The van der Waals surface area contributed by atoms with E-state index in [1.54, 1.807) is 19.1 Å². The SMILES string of the molecule is CCOC(=O)c1ccc(N2C(=O)C3Sc4c(sc(=O)n4CC(=O)Nc4ccccc4C(F)(F)F)C(c4cccs4)C3C2=O)cc1. The zero-order valence-corrected chi connectivity index (χ0v) is 25.6. The number of anilines is 2. The molecule has 2 aliphatic heterocycles. The van der Waals surface area contributed by atoms with Gasteiger partial charge in [-0.1, -0.05) is 41.3 Å². The molecule has 1 N–H and O–H groups in total. The van der Waals surface area contributed by atoms with Crippen molar-refractivity contribution in [1.82, 2.24) is 4.57 Å². The fourth-order valence-corrected chi connectivity index (χ4v) is 9.14. The Labute approximate surface area is 265 Å². The Morgan fingerprint density at radius 3 is 2.38 bits per heavy atom. The molecule has 3 amide bonds. The molecule has 1 saturated heterocycles. The van der Waals surface area contributed by atoms with Crippen LogP contribution in [0, 0.1) is 5.92 Å². The molecule has 2 aliphatic rings. The van der Waals surface area contributed by atoms with E-state index < -0.39 is 69.6 Å². The molecule has 232 valence electrons. The third-order valence-electron chi connectivity index (χ3n) is 7.34. The van der Waals surface area contributed by atoms with E-state index in [0.717, 1.165) is 49.6 Å². The molecule has 9 nitrogen and oxygen atoms in total. The molecular formula is C30H22F3N3O6S3. The average molecular weight is 674 g/mol.